The second-order valence-corrected chi connectivity index (χ2v) is 8.09. The molecular weight excluding hydrogens is 415 g/mol. The van der Waals surface area contributed by atoms with E-state index in [2.05, 4.69) is 16.1 Å². The van der Waals surface area contributed by atoms with E-state index >= 15 is 0 Å². The van der Waals surface area contributed by atoms with Gasteiger partial charge in [0.2, 0.25) is 5.91 Å². The van der Waals surface area contributed by atoms with Crippen LogP contribution in [-0.4, -0.2) is 36.6 Å². The van der Waals surface area contributed by atoms with E-state index in [1.54, 1.807) is 59.0 Å². The second-order valence-electron chi connectivity index (χ2n) is 8.09. The molecule has 0 fully saturated rings. The number of ether oxygens (including phenoxy) is 1. The first-order valence-corrected chi connectivity index (χ1v) is 10.2. The third-order valence-corrected chi connectivity index (χ3v) is 4.33. The number of carbonyl (C=O) groups excluding carboxylic acids is 3. The van der Waals surface area contributed by atoms with Gasteiger partial charge in [0.25, 0.3) is 5.91 Å². The van der Waals surface area contributed by atoms with Gasteiger partial charge in [-0.15, -0.1) is 0 Å². The Hall–Kier alpha value is -3.62. The Morgan fingerprint density at radius 2 is 1.72 bits per heavy atom. The molecule has 0 aromatic heterocycles. The monoisotopic (exact) mass is 444 g/mol. The Bertz CT molecular complexity index is 960. The Balaban J connectivity index is 2.16. The summed E-state index contributed by atoms with van der Waals surface area (Å²) >= 11 is 0. The predicted octanol–water partition coefficient (Wildman–Crippen LogP) is 3.85. The van der Waals surface area contributed by atoms with Crippen LogP contribution in [0.5, 0.6) is 0 Å². The van der Waals surface area contributed by atoms with Crippen LogP contribution in [0.2, 0.25) is 0 Å². The number of halogens is 1. The summed E-state index contributed by atoms with van der Waals surface area (Å²) in [5.41, 5.74) is 2.21. The summed E-state index contributed by atoms with van der Waals surface area (Å²) < 4.78 is 19.7. The first-order valence-electron chi connectivity index (χ1n) is 10.2. The number of hydrogen-bond acceptors (Lipinski definition) is 5. The number of alkyl carbamates (subject to hydrolysis) is 1. The molecule has 0 aliphatic carbocycles. The number of nitrogens with zero attached hydrogens (tertiary/aromatic N) is 1. The number of nitrogens with one attached hydrogen (secondary N) is 3. The number of anilines is 2. The van der Waals surface area contributed by atoms with Crippen molar-refractivity contribution in [1.82, 2.24) is 10.7 Å². The van der Waals surface area contributed by atoms with Gasteiger partial charge in [-0.25, -0.2) is 9.18 Å². The molecule has 9 heteroatoms. The van der Waals surface area contributed by atoms with Gasteiger partial charge in [-0.05, 0) is 51.5 Å². The third-order valence-electron chi connectivity index (χ3n) is 4.33. The Morgan fingerprint density at radius 1 is 1.06 bits per heavy atom. The van der Waals surface area contributed by atoms with E-state index in [0.717, 1.165) is 6.07 Å². The highest BCUT2D eigenvalue weighted by atomic mass is 19.1. The first-order chi connectivity index (χ1) is 15.0. The average molecular weight is 445 g/mol. The van der Waals surface area contributed by atoms with Crippen molar-refractivity contribution < 1.29 is 23.5 Å². The summed E-state index contributed by atoms with van der Waals surface area (Å²) in [6.07, 6.45) is -0.486. The van der Waals surface area contributed by atoms with Gasteiger partial charge in [0, 0.05) is 7.05 Å². The van der Waals surface area contributed by atoms with E-state index < -0.39 is 35.4 Å². The van der Waals surface area contributed by atoms with Crippen LogP contribution in [-0.2, 0) is 9.53 Å². The highest BCUT2D eigenvalue weighted by molar-refractivity contribution is 6.05. The largest absolute Gasteiger partial charge is 0.444 e. The zero-order valence-corrected chi connectivity index (χ0v) is 18.9. The lowest BCUT2D eigenvalue weighted by molar-refractivity contribution is -0.118. The van der Waals surface area contributed by atoms with Crippen molar-refractivity contribution >= 4 is 29.3 Å². The lowest BCUT2D eigenvalue weighted by Gasteiger charge is -2.23. The van der Waals surface area contributed by atoms with Crippen molar-refractivity contribution in [2.45, 2.75) is 45.8 Å². The van der Waals surface area contributed by atoms with Crippen molar-refractivity contribution in [2.75, 3.05) is 17.4 Å². The van der Waals surface area contributed by atoms with E-state index in [4.69, 9.17) is 4.74 Å². The van der Waals surface area contributed by atoms with Gasteiger partial charge in [0.1, 0.15) is 23.0 Å². The lowest BCUT2D eigenvalue weighted by atomic mass is 10.1. The van der Waals surface area contributed by atoms with Crippen LogP contribution in [0.25, 0.3) is 0 Å². The Labute approximate surface area is 187 Å². The van der Waals surface area contributed by atoms with Crippen molar-refractivity contribution in [3.63, 3.8) is 0 Å². The standard InChI is InChI=1S/C23H29FN4O4/c1-6-17(26-22(31)32-23(2,3)4)20(29)25-18-14-10-13-16(24)19(18)21(30)27-28(5)15-11-8-7-9-12-15/h7-14,17H,6H2,1-5H3,(H,25,29)(H,26,31)(H,27,30). The van der Waals surface area contributed by atoms with Gasteiger partial charge in [0.15, 0.2) is 0 Å². The molecule has 1 unspecified atom stereocenters. The molecule has 0 radical (unpaired) electrons. The molecule has 0 heterocycles. The molecular formula is C23H29FN4O4. The molecule has 2 aromatic carbocycles. The highest BCUT2D eigenvalue weighted by Gasteiger charge is 2.25. The van der Waals surface area contributed by atoms with Gasteiger partial charge >= 0.3 is 6.09 Å². The summed E-state index contributed by atoms with van der Waals surface area (Å²) in [7, 11) is 1.62. The van der Waals surface area contributed by atoms with Crippen LogP contribution < -0.4 is 21.1 Å². The number of rotatable bonds is 7. The topological polar surface area (TPSA) is 99.8 Å². The minimum atomic E-state index is -0.934. The van der Waals surface area contributed by atoms with Crippen LogP contribution in [0.4, 0.5) is 20.6 Å². The van der Waals surface area contributed by atoms with E-state index in [9.17, 15) is 18.8 Å². The molecule has 2 aromatic rings. The predicted molar refractivity (Wildman–Crippen MR) is 121 cm³/mol. The summed E-state index contributed by atoms with van der Waals surface area (Å²) in [6, 6.07) is 12.0. The number of hydrogen-bond donors (Lipinski definition) is 3. The summed E-state index contributed by atoms with van der Waals surface area (Å²) in [4.78, 5) is 37.5. The maximum atomic E-state index is 14.6. The molecule has 0 bridgehead atoms. The lowest BCUT2D eigenvalue weighted by Crippen LogP contribution is -2.45. The molecule has 0 aliphatic heterocycles. The van der Waals surface area contributed by atoms with E-state index in [0.29, 0.717) is 5.69 Å². The van der Waals surface area contributed by atoms with E-state index in [1.807, 2.05) is 6.07 Å². The molecule has 172 valence electrons. The fourth-order valence-corrected chi connectivity index (χ4v) is 2.81. The Kier molecular flexibility index (Phi) is 8.17. The second kappa shape index (κ2) is 10.6. The zero-order chi connectivity index (χ0) is 23.9. The number of hydrazine groups is 1. The molecule has 0 aliphatic rings. The van der Waals surface area contributed by atoms with Gasteiger partial charge < -0.3 is 15.4 Å². The van der Waals surface area contributed by atoms with Crippen molar-refractivity contribution in [1.29, 1.82) is 0 Å². The summed E-state index contributed by atoms with van der Waals surface area (Å²) in [5.74, 6) is -2.14. The van der Waals surface area contributed by atoms with Gasteiger partial charge in [-0.2, -0.15) is 0 Å². The third kappa shape index (κ3) is 6.97. The molecule has 32 heavy (non-hydrogen) atoms. The van der Waals surface area contributed by atoms with Crippen LogP contribution >= 0.6 is 0 Å². The molecule has 1 atom stereocenters. The van der Waals surface area contributed by atoms with Crippen molar-refractivity contribution in [3.05, 3.63) is 59.9 Å². The maximum absolute atomic E-state index is 14.6. The van der Waals surface area contributed by atoms with E-state index in [1.165, 1.54) is 17.1 Å². The fourth-order valence-electron chi connectivity index (χ4n) is 2.81. The SMILES string of the molecule is CCC(NC(=O)OC(C)(C)C)C(=O)Nc1cccc(F)c1C(=O)NN(C)c1ccccc1. The van der Waals surface area contributed by atoms with Gasteiger partial charge in [0.05, 0.1) is 11.4 Å². The highest BCUT2D eigenvalue weighted by Crippen LogP contribution is 2.20. The van der Waals surface area contributed by atoms with Gasteiger partial charge in [-0.1, -0.05) is 31.2 Å². The number of amides is 3. The number of carbonyl (C=O) groups is 3. The molecule has 2 rings (SSSR count). The smallest absolute Gasteiger partial charge is 0.408 e. The van der Waals surface area contributed by atoms with Crippen molar-refractivity contribution in [2.24, 2.45) is 0 Å². The quantitative estimate of drug-likeness (QED) is 0.564. The van der Waals surface area contributed by atoms with Crippen molar-refractivity contribution in [3.8, 4) is 0 Å². The fraction of sp³-hybridized carbons (Fsp3) is 0.348. The van der Waals surface area contributed by atoms with Gasteiger partial charge in [-0.3, -0.25) is 20.0 Å². The number of para-hydroxylation sites is 1. The Morgan fingerprint density at radius 3 is 2.31 bits per heavy atom. The molecule has 3 amide bonds. The van der Waals surface area contributed by atoms with Crippen LogP contribution in [0, 0.1) is 5.82 Å². The maximum Gasteiger partial charge on any atom is 0.408 e. The summed E-state index contributed by atoms with van der Waals surface area (Å²) in [6.45, 7) is 6.82. The molecule has 0 spiro atoms. The molecule has 0 saturated heterocycles. The number of benzene rings is 2. The van der Waals surface area contributed by atoms with Crippen LogP contribution in [0.3, 0.4) is 0 Å². The molecule has 3 N–H and O–H groups in total. The first kappa shape index (κ1) is 24.6. The molecule has 8 nitrogen and oxygen atoms in total. The average Bonchev–Trinajstić information content (AvgIpc) is 2.71. The molecule has 0 saturated carbocycles. The van der Waals surface area contributed by atoms with E-state index in [-0.39, 0.29) is 17.7 Å². The normalized spacial score (nSPS) is 11.8. The van der Waals surface area contributed by atoms with Crippen LogP contribution in [0.15, 0.2) is 48.5 Å². The summed E-state index contributed by atoms with van der Waals surface area (Å²) in [5, 5.41) is 6.46. The van der Waals surface area contributed by atoms with Crippen LogP contribution in [0.1, 0.15) is 44.5 Å². The minimum absolute atomic E-state index is 0.0154. The zero-order valence-electron chi connectivity index (χ0n) is 18.9. The minimum Gasteiger partial charge on any atom is -0.444 e.